The highest BCUT2D eigenvalue weighted by atomic mass is 32.1. The molecular weight excluding hydrogens is 442 g/mol. The fourth-order valence-corrected chi connectivity index (χ4v) is 4.56. The molecule has 0 atom stereocenters. The van der Waals surface area contributed by atoms with E-state index in [-0.39, 0.29) is 23.1 Å². The number of amides is 2. The highest BCUT2D eigenvalue weighted by Crippen LogP contribution is 2.16. The molecule has 0 spiro atoms. The number of hydrogen-bond acceptors (Lipinski definition) is 7. The van der Waals surface area contributed by atoms with E-state index in [0.29, 0.717) is 48.9 Å². The minimum absolute atomic E-state index is 0.0796. The molecule has 1 aliphatic rings. The molecule has 0 saturated carbocycles. The number of rotatable bonds is 5. The number of carbonyl (C=O) groups is 2. The van der Waals surface area contributed by atoms with E-state index in [1.807, 2.05) is 5.38 Å². The fourth-order valence-electron chi connectivity index (χ4n) is 3.82. The van der Waals surface area contributed by atoms with Gasteiger partial charge in [0.2, 0.25) is 0 Å². The standard InChI is InChI=1S/C23H21N5O4S/c29-20-14-18(25-23-28(20)10-12-33-23)15-26-6-8-27(9-7-26)22(31)16-3-1-4-17(13-16)24-21(30)19-5-2-11-32-19/h1-5,10-14H,6-9,15H2,(H,24,30). The third-order valence-electron chi connectivity index (χ3n) is 5.51. The predicted molar refractivity (Wildman–Crippen MR) is 124 cm³/mol. The third-order valence-corrected chi connectivity index (χ3v) is 6.27. The van der Waals surface area contributed by atoms with Crippen LogP contribution in [0, 0.1) is 0 Å². The molecule has 4 heterocycles. The van der Waals surface area contributed by atoms with Crippen molar-refractivity contribution in [3.63, 3.8) is 0 Å². The molecule has 10 heteroatoms. The Morgan fingerprint density at radius 1 is 1.09 bits per heavy atom. The van der Waals surface area contributed by atoms with E-state index in [1.165, 1.54) is 22.0 Å². The van der Waals surface area contributed by atoms with Gasteiger partial charge in [-0.05, 0) is 30.3 Å². The van der Waals surface area contributed by atoms with E-state index >= 15 is 0 Å². The number of nitrogens with zero attached hydrogens (tertiary/aromatic N) is 4. The Labute approximate surface area is 192 Å². The number of anilines is 1. The summed E-state index contributed by atoms with van der Waals surface area (Å²) in [5.74, 6) is -0.245. The summed E-state index contributed by atoms with van der Waals surface area (Å²) in [5.41, 5.74) is 1.70. The van der Waals surface area contributed by atoms with Crippen LogP contribution in [-0.2, 0) is 6.54 Å². The monoisotopic (exact) mass is 463 g/mol. The van der Waals surface area contributed by atoms with Crippen LogP contribution in [0.2, 0.25) is 0 Å². The maximum Gasteiger partial charge on any atom is 0.291 e. The van der Waals surface area contributed by atoms with E-state index in [0.717, 1.165) is 5.69 Å². The van der Waals surface area contributed by atoms with Crippen LogP contribution in [0.3, 0.4) is 0 Å². The molecule has 2 amide bonds. The highest BCUT2D eigenvalue weighted by Gasteiger charge is 2.23. The minimum Gasteiger partial charge on any atom is -0.459 e. The Morgan fingerprint density at radius 2 is 1.94 bits per heavy atom. The molecule has 1 fully saturated rings. The van der Waals surface area contributed by atoms with Crippen LogP contribution in [0.5, 0.6) is 0 Å². The van der Waals surface area contributed by atoms with E-state index in [1.54, 1.807) is 53.6 Å². The first kappa shape index (κ1) is 21.1. The van der Waals surface area contributed by atoms with E-state index in [9.17, 15) is 14.4 Å². The molecule has 168 valence electrons. The SMILES string of the molecule is O=C(Nc1cccc(C(=O)N2CCN(Cc3cc(=O)n4ccsc4n3)CC2)c1)c1ccco1. The van der Waals surface area contributed by atoms with Gasteiger partial charge in [-0.25, -0.2) is 4.98 Å². The second kappa shape index (κ2) is 9.00. The molecule has 1 saturated heterocycles. The van der Waals surface area contributed by atoms with Gasteiger partial charge in [0.05, 0.1) is 12.0 Å². The largest absolute Gasteiger partial charge is 0.459 e. The normalized spacial score (nSPS) is 14.5. The summed E-state index contributed by atoms with van der Waals surface area (Å²) in [6.45, 7) is 3.09. The summed E-state index contributed by atoms with van der Waals surface area (Å²) < 4.78 is 6.64. The number of fused-ring (bicyclic) bond motifs is 1. The van der Waals surface area contributed by atoms with E-state index < -0.39 is 0 Å². The Kier molecular flexibility index (Phi) is 5.76. The van der Waals surface area contributed by atoms with Gasteiger partial charge in [0.25, 0.3) is 17.4 Å². The summed E-state index contributed by atoms with van der Waals surface area (Å²) in [5, 5.41) is 4.59. The Balaban J connectivity index is 1.20. The fraction of sp³-hybridized carbons (Fsp3) is 0.217. The van der Waals surface area contributed by atoms with Gasteiger partial charge >= 0.3 is 0 Å². The van der Waals surface area contributed by atoms with Gasteiger partial charge in [-0.1, -0.05) is 6.07 Å². The van der Waals surface area contributed by atoms with Crippen LogP contribution in [-0.4, -0.2) is 57.2 Å². The third kappa shape index (κ3) is 4.57. The highest BCUT2D eigenvalue weighted by molar-refractivity contribution is 7.15. The molecule has 1 aromatic carbocycles. The van der Waals surface area contributed by atoms with E-state index in [4.69, 9.17) is 4.42 Å². The van der Waals surface area contributed by atoms with Crippen LogP contribution in [0.1, 0.15) is 26.6 Å². The summed E-state index contributed by atoms with van der Waals surface area (Å²) in [7, 11) is 0. The van der Waals surface area contributed by atoms with Crippen LogP contribution in [0.15, 0.2) is 69.5 Å². The molecular formula is C23H21N5O4S. The smallest absolute Gasteiger partial charge is 0.291 e. The van der Waals surface area contributed by atoms with Gasteiger partial charge in [0, 0.05) is 61.6 Å². The molecule has 0 unspecified atom stereocenters. The van der Waals surface area contributed by atoms with Crippen molar-refractivity contribution in [3.05, 3.63) is 87.7 Å². The van der Waals surface area contributed by atoms with Crippen molar-refractivity contribution in [1.82, 2.24) is 19.2 Å². The molecule has 9 nitrogen and oxygen atoms in total. The van der Waals surface area contributed by atoms with Crippen LogP contribution in [0.4, 0.5) is 5.69 Å². The quantitative estimate of drug-likeness (QED) is 0.488. The zero-order valence-electron chi connectivity index (χ0n) is 17.6. The topological polar surface area (TPSA) is 100 Å². The predicted octanol–water partition coefficient (Wildman–Crippen LogP) is 2.56. The number of carbonyl (C=O) groups excluding carboxylic acids is 2. The zero-order valence-corrected chi connectivity index (χ0v) is 18.5. The van der Waals surface area contributed by atoms with Gasteiger partial charge in [0.15, 0.2) is 10.7 Å². The second-order valence-electron chi connectivity index (χ2n) is 7.72. The summed E-state index contributed by atoms with van der Waals surface area (Å²) in [6.07, 6.45) is 3.16. The molecule has 0 bridgehead atoms. The lowest BCUT2D eigenvalue weighted by molar-refractivity contribution is 0.0627. The van der Waals surface area contributed by atoms with Gasteiger partial charge in [-0.2, -0.15) is 0 Å². The maximum absolute atomic E-state index is 13.0. The zero-order chi connectivity index (χ0) is 22.8. The first-order valence-corrected chi connectivity index (χ1v) is 11.4. The Hall–Kier alpha value is -3.76. The Morgan fingerprint density at radius 3 is 2.73 bits per heavy atom. The van der Waals surface area contributed by atoms with Crippen LogP contribution >= 0.6 is 11.3 Å². The van der Waals surface area contributed by atoms with E-state index in [2.05, 4.69) is 15.2 Å². The van der Waals surface area contributed by atoms with Crippen molar-refractivity contribution in [3.8, 4) is 0 Å². The number of benzene rings is 1. The Bertz CT molecular complexity index is 1350. The van der Waals surface area contributed by atoms with Gasteiger partial charge in [-0.15, -0.1) is 11.3 Å². The average molecular weight is 464 g/mol. The van der Waals surface area contributed by atoms with Crippen molar-refractivity contribution < 1.29 is 14.0 Å². The van der Waals surface area contributed by atoms with Crippen molar-refractivity contribution in [1.29, 1.82) is 0 Å². The molecule has 1 N–H and O–H groups in total. The maximum atomic E-state index is 13.0. The number of piperazine rings is 1. The molecule has 5 rings (SSSR count). The first-order chi connectivity index (χ1) is 16.1. The minimum atomic E-state index is -0.368. The molecule has 4 aromatic rings. The number of thiazole rings is 1. The molecule has 3 aromatic heterocycles. The number of hydrogen-bond donors (Lipinski definition) is 1. The van der Waals surface area contributed by atoms with Crippen molar-refractivity contribution in [2.75, 3.05) is 31.5 Å². The molecule has 0 aliphatic carbocycles. The lowest BCUT2D eigenvalue weighted by atomic mass is 10.1. The van der Waals surface area contributed by atoms with Gasteiger partial charge in [0.1, 0.15) is 0 Å². The lowest BCUT2D eigenvalue weighted by Crippen LogP contribution is -2.48. The summed E-state index contributed by atoms with van der Waals surface area (Å²) in [6, 6.07) is 11.7. The van der Waals surface area contributed by atoms with Crippen molar-refractivity contribution in [2.24, 2.45) is 0 Å². The van der Waals surface area contributed by atoms with Gasteiger partial charge < -0.3 is 14.6 Å². The molecule has 33 heavy (non-hydrogen) atoms. The lowest BCUT2D eigenvalue weighted by Gasteiger charge is -2.34. The summed E-state index contributed by atoms with van der Waals surface area (Å²) >= 11 is 1.43. The van der Waals surface area contributed by atoms with Crippen LogP contribution < -0.4 is 10.9 Å². The first-order valence-electron chi connectivity index (χ1n) is 10.5. The average Bonchev–Trinajstić information content (AvgIpc) is 3.52. The van der Waals surface area contributed by atoms with Crippen molar-refractivity contribution in [2.45, 2.75) is 6.54 Å². The number of aromatic nitrogens is 2. The van der Waals surface area contributed by atoms with Gasteiger partial charge in [-0.3, -0.25) is 23.7 Å². The molecule has 0 radical (unpaired) electrons. The molecule has 1 aliphatic heterocycles. The number of nitrogens with one attached hydrogen (secondary N) is 1. The van der Waals surface area contributed by atoms with Crippen LogP contribution in [0.25, 0.3) is 4.96 Å². The second-order valence-corrected chi connectivity index (χ2v) is 8.59. The summed E-state index contributed by atoms with van der Waals surface area (Å²) in [4.78, 5) is 46.6. The number of furan rings is 1. The van der Waals surface area contributed by atoms with Crippen molar-refractivity contribution >= 4 is 33.8 Å².